The molecule has 32 heavy (non-hydrogen) atoms. The smallest absolute Gasteiger partial charge is 0.230 e. The number of methoxy groups -OCH3 is 1. The van der Waals surface area contributed by atoms with Gasteiger partial charge in [0.2, 0.25) is 5.91 Å². The molecular weight excluding hydrogens is 420 g/mol. The number of nitrogens with one attached hydrogen (secondary N) is 1. The van der Waals surface area contributed by atoms with Crippen LogP contribution in [0.2, 0.25) is 0 Å². The number of benzene rings is 2. The van der Waals surface area contributed by atoms with Crippen LogP contribution in [-0.2, 0) is 17.8 Å². The van der Waals surface area contributed by atoms with Crippen molar-refractivity contribution in [3.63, 3.8) is 0 Å². The van der Waals surface area contributed by atoms with Gasteiger partial charge < -0.3 is 14.6 Å². The molecule has 0 spiro atoms. The molecule has 4 rings (SSSR count). The van der Waals surface area contributed by atoms with E-state index in [1.54, 1.807) is 7.11 Å². The molecule has 0 saturated heterocycles. The Labute approximate surface area is 193 Å². The molecule has 2 aromatic carbocycles. The first-order chi connectivity index (χ1) is 15.7. The molecule has 1 heterocycles. The number of carbonyl (C=O) groups excluding carboxylic acids is 1. The van der Waals surface area contributed by atoms with Gasteiger partial charge in [0, 0.05) is 12.6 Å². The first-order valence-corrected chi connectivity index (χ1v) is 12.3. The van der Waals surface area contributed by atoms with Crippen LogP contribution in [0.3, 0.4) is 0 Å². The van der Waals surface area contributed by atoms with Crippen molar-refractivity contribution in [1.29, 1.82) is 0 Å². The van der Waals surface area contributed by atoms with Crippen molar-refractivity contribution in [2.24, 2.45) is 0 Å². The summed E-state index contributed by atoms with van der Waals surface area (Å²) in [5.74, 6) is 1.92. The summed E-state index contributed by atoms with van der Waals surface area (Å²) in [4.78, 5) is 12.5. The summed E-state index contributed by atoms with van der Waals surface area (Å²) < 4.78 is 7.66. The fourth-order valence-electron chi connectivity index (χ4n) is 4.16. The summed E-state index contributed by atoms with van der Waals surface area (Å²) >= 11 is 1.44. The van der Waals surface area contributed by atoms with Crippen LogP contribution in [-0.4, -0.2) is 39.6 Å². The molecule has 1 amide bonds. The van der Waals surface area contributed by atoms with Gasteiger partial charge in [-0.25, -0.2) is 0 Å². The Hall–Kier alpha value is -2.80. The average Bonchev–Trinajstić information content (AvgIpc) is 3.25. The molecule has 0 unspecified atom stereocenters. The number of para-hydroxylation sites is 1. The highest BCUT2D eigenvalue weighted by molar-refractivity contribution is 7.99. The standard InChI is InChI=1S/C25H30N4O2S/c1-31-22-15-9-8-14-21(22)24-27-28-25(29(24)17-16-19-10-4-2-5-11-19)32-18-23(30)26-20-12-6-3-7-13-20/h2,4-5,8-11,14-15,20H,3,6-7,12-13,16-18H2,1H3,(H,26,30). The minimum Gasteiger partial charge on any atom is -0.496 e. The second-order valence-electron chi connectivity index (χ2n) is 8.08. The monoisotopic (exact) mass is 450 g/mol. The highest BCUT2D eigenvalue weighted by Crippen LogP contribution is 2.31. The van der Waals surface area contributed by atoms with Crippen molar-refractivity contribution >= 4 is 17.7 Å². The van der Waals surface area contributed by atoms with Gasteiger partial charge in [0.25, 0.3) is 0 Å². The fourth-order valence-corrected chi connectivity index (χ4v) is 4.93. The van der Waals surface area contributed by atoms with E-state index < -0.39 is 0 Å². The highest BCUT2D eigenvalue weighted by atomic mass is 32.2. The molecule has 0 aliphatic heterocycles. The van der Waals surface area contributed by atoms with Gasteiger partial charge in [0.1, 0.15) is 5.75 Å². The second-order valence-corrected chi connectivity index (χ2v) is 9.03. The molecule has 1 aliphatic carbocycles. The molecule has 168 valence electrons. The number of carbonyl (C=O) groups is 1. The molecule has 6 nitrogen and oxygen atoms in total. The van der Waals surface area contributed by atoms with Crippen molar-refractivity contribution in [3.8, 4) is 17.1 Å². The maximum Gasteiger partial charge on any atom is 0.230 e. The molecule has 1 fully saturated rings. The van der Waals surface area contributed by atoms with Crippen molar-refractivity contribution in [2.75, 3.05) is 12.9 Å². The summed E-state index contributed by atoms with van der Waals surface area (Å²) in [6, 6.07) is 18.5. The molecule has 1 aliphatic rings. The van der Waals surface area contributed by atoms with E-state index in [9.17, 15) is 4.79 Å². The summed E-state index contributed by atoms with van der Waals surface area (Å²) in [5, 5.41) is 12.9. The number of thioether (sulfide) groups is 1. The lowest BCUT2D eigenvalue weighted by molar-refractivity contribution is -0.119. The third-order valence-corrected chi connectivity index (χ3v) is 6.80. The quantitative estimate of drug-likeness (QED) is 0.477. The van der Waals surface area contributed by atoms with Crippen LogP contribution >= 0.6 is 11.8 Å². The SMILES string of the molecule is COc1ccccc1-c1nnc(SCC(=O)NC2CCCCC2)n1CCc1ccccc1. The third-order valence-electron chi connectivity index (χ3n) is 5.83. The fraction of sp³-hybridized carbons (Fsp3) is 0.400. The van der Waals surface area contributed by atoms with Crippen LogP contribution in [0.5, 0.6) is 5.75 Å². The molecule has 0 radical (unpaired) electrons. The normalized spacial score (nSPS) is 14.3. The van der Waals surface area contributed by atoms with Crippen LogP contribution < -0.4 is 10.1 Å². The maximum atomic E-state index is 12.5. The van der Waals surface area contributed by atoms with Crippen LogP contribution in [0.15, 0.2) is 59.8 Å². The van der Waals surface area contributed by atoms with E-state index in [2.05, 4.69) is 32.2 Å². The number of hydrogen-bond donors (Lipinski definition) is 1. The van der Waals surface area contributed by atoms with Crippen LogP contribution in [0.4, 0.5) is 0 Å². The van der Waals surface area contributed by atoms with Gasteiger partial charge in [-0.1, -0.05) is 73.5 Å². The molecular formula is C25H30N4O2S. The molecule has 1 aromatic heterocycles. The van der Waals surface area contributed by atoms with Gasteiger partial charge >= 0.3 is 0 Å². The summed E-state index contributed by atoms with van der Waals surface area (Å²) in [7, 11) is 1.66. The number of aryl methyl sites for hydroxylation is 1. The lowest BCUT2D eigenvalue weighted by Crippen LogP contribution is -2.37. The zero-order chi connectivity index (χ0) is 22.2. The Morgan fingerprint density at radius 2 is 1.81 bits per heavy atom. The van der Waals surface area contributed by atoms with E-state index in [0.717, 1.165) is 48.1 Å². The minimum atomic E-state index is 0.0679. The van der Waals surface area contributed by atoms with E-state index in [1.807, 2.05) is 42.5 Å². The predicted molar refractivity (Wildman–Crippen MR) is 128 cm³/mol. The third kappa shape index (κ3) is 5.71. The van der Waals surface area contributed by atoms with Gasteiger partial charge in [0.05, 0.1) is 18.4 Å². The summed E-state index contributed by atoms with van der Waals surface area (Å²) in [6.45, 7) is 0.719. The van der Waals surface area contributed by atoms with Gasteiger partial charge in [0.15, 0.2) is 11.0 Å². The lowest BCUT2D eigenvalue weighted by Gasteiger charge is -2.22. The Morgan fingerprint density at radius 1 is 1.06 bits per heavy atom. The Bertz CT molecular complexity index is 1020. The zero-order valence-electron chi connectivity index (χ0n) is 18.5. The Kier molecular flexibility index (Phi) is 7.82. The number of nitrogens with zero attached hydrogens (tertiary/aromatic N) is 3. The number of amides is 1. The molecule has 3 aromatic rings. The number of hydrogen-bond acceptors (Lipinski definition) is 5. The van der Waals surface area contributed by atoms with E-state index >= 15 is 0 Å². The molecule has 0 atom stereocenters. The van der Waals surface area contributed by atoms with Crippen LogP contribution in [0, 0.1) is 0 Å². The molecule has 0 bridgehead atoms. The Balaban J connectivity index is 1.51. The number of rotatable bonds is 9. The van der Waals surface area contributed by atoms with E-state index in [-0.39, 0.29) is 5.91 Å². The average molecular weight is 451 g/mol. The number of aromatic nitrogens is 3. The van der Waals surface area contributed by atoms with Crippen molar-refractivity contribution < 1.29 is 9.53 Å². The Morgan fingerprint density at radius 3 is 2.59 bits per heavy atom. The minimum absolute atomic E-state index is 0.0679. The van der Waals surface area contributed by atoms with Gasteiger partial charge in [-0.2, -0.15) is 0 Å². The van der Waals surface area contributed by atoms with E-state index in [0.29, 0.717) is 11.8 Å². The van der Waals surface area contributed by atoms with Crippen molar-refractivity contribution in [1.82, 2.24) is 20.1 Å². The first kappa shape index (κ1) is 22.4. The molecule has 1 N–H and O–H groups in total. The van der Waals surface area contributed by atoms with Crippen molar-refractivity contribution in [2.45, 2.75) is 56.3 Å². The second kappa shape index (κ2) is 11.2. The van der Waals surface area contributed by atoms with Crippen molar-refractivity contribution in [3.05, 3.63) is 60.2 Å². The number of ether oxygens (including phenoxy) is 1. The lowest BCUT2D eigenvalue weighted by atomic mass is 9.95. The predicted octanol–water partition coefficient (Wildman–Crippen LogP) is 4.74. The zero-order valence-corrected chi connectivity index (χ0v) is 19.3. The largest absolute Gasteiger partial charge is 0.496 e. The van der Waals surface area contributed by atoms with Gasteiger partial charge in [-0.15, -0.1) is 10.2 Å². The van der Waals surface area contributed by atoms with Crippen LogP contribution in [0.25, 0.3) is 11.4 Å². The van der Waals surface area contributed by atoms with Gasteiger partial charge in [-0.3, -0.25) is 4.79 Å². The highest BCUT2D eigenvalue weighted by Gasteiger charge is 2.20. The van der Waals surface area contributed by atoms with E-state index in [1.165, 1.54) is 36.6 Å². The van der Waals surface area contributed by atoms with Crippen LogP contribution in [0.1, 0.15) is 37.7 Å². The molecule has 1 saturated carbocycles. The topological polar surface area (TPSA) is 69.0 Å². The van der Waals surface area contributed by atoms with E-state index in [4.69, 9.17) is 4.74 Å². The molecule has 7 heteroatoms. The first-order valence-electron chi connectivity index (χ1n) is 11.3. The maximum absolute atomic E-state index is 12.5. The van der Waals surface area contributed by atoms with Gasteiger partial charge in [-0.05, 0) is 37.0 Å². The summed E-state index contributed by atoms with van der Waals surface area (Å²) in [5.41, 5.74) is 2.15. The summed E-state index contributed by atoms with van der Waals surface area (Å²) in [6.07, 6.45) is 6.70.